The maximum atomic E-state index is 15.1. The number of ether oxygens (including phenoxy) is 2. The zero-order valence-electron chi connectivity index (χ0n) is 32.3. The van der Waals surface area contributed by atoms with Crippen molar-refractivity contribution >= 4 is 23.7 Å². The van der Waals surface area contributed by atoms with Crippen LogP contribution in [0.25, 0.3) is 0 Å². The van der Waals surface area contributed by atoms with Gasteiger partial charge in [0.25, 0.3) is 0 Å². The predicted octanol–water partition coefficient (Wildman–Crippen LogP) is 5.70. The molecule has 10 heteroatoms. The van der Waals surface area contributed by atoms with Crippen molar-refractivity contribution in [3.05, 3.63) is 61.2 Å². The molecule has 3 fully saturated rings. The quantitative estimate of drug-likeness (QED) is 0.173. The summed E-state index contributed by atoms with van der Waals surface area (Å²) in [5, 5.41) is 10.7. The van der Waals surface area contributed by atoms with Gasteiger partial charge in [-0.05, 0) is 63.4 Å². The van der Waals surface area contributed by atoms with Gasteiger partial charge in [-0.2, -0.15) is 0 Å². The van der Waals surface area contributed by atoms with Crippen molar-refractivity contribution in [2.45, 2.75) is 129 Å². The van der Waals surface area contributed by atoms with E-state index < -0.39 is 59.3 Å². The number of carbonyl (C=O) groups is 4. The molecule has 3 aliphatic heterocycles. The molecule has 4 rings (SSSR count). The van der Waals surface area contributed by atoms with Crippen LogP contribution in [0.3, 0.4) is 0 Å². The molecule has 1 aromatic carbocycles. The van der Waals surface area contributed by atoms with Crippen LogP contribution in [-0.4, -0.2) is 99.1 Å². The van der Waals surface area contributed by atoms with Gasteiger partial charge in [-0.1, -0.05) is 77.1 Å². The minimum atomic E-state index is -1.27. The molecule has 2 bridgehead atoms. The zero-order chi connectivity index (χ0) is 38.1. The summed E-state index contributed by atoms with van der Waals surface area (Å²) in [6.07, 6.45) is 4.33. The first-order valence-corrected chi connectivity index (χ1v) is 18.5. The number of likely N-dealkylation sites (tertiary alicyclic amines) is 1. The lowest BCUT2D eigenvalue weighted by molar-refractivity contribution is -0.165. The van der Waals surface area contributed by atoms with Gasteiger partial charge in [0.05, 0.1) is 36.6 Å². The lowest BCUT2D eigenvalue weighted by Crippen LogP contribution is -2.63. The second-order valence-corrected chi connectivity index (χ2v) is 16.9. The summed E-state index contributed by atoms with van der Waals surface area (Å²) in [7, 11) is 1.70. The number of amides is 3. The smallest absolute Gasteiger partial charge is 0.313 e. The van der Waals surface area contributed by atoms with Crippen LogP contribution < -0.4 is 0 Å². The van der Waals surface area contributed by atoms with Gasteiger partial charge in [-0.15, -0.1) is 13.2 Å². The van der Waals surface area contributed by atoms with Crippen molar-refractivity contribution in [3.8, 4) is 0 Å². The number of fused-ring (bicyclic) bond motifs is 1. The highest BCUT2D eigenvalue weighted by molar-refractivity contribution is 5.98. The Hall–Kier alpha value is -3.50. The molecule has 3 aliphatic rings. The Morgan fingerprint density at radius 2 is 1.75 bits per heavy atom. The van der Waals surface area contributed by atoms with E-state index in [0.717, 1.165) is 0 Å². The van der Waals surface area contributed by atoms with E-state index in [1.54, 1.807) is 29.0 Å². The molecule has 0 aliphatic carbocycles. The molecule has 0 unspecified atom stereocenters. The van der Waals surface area contributed by atoms with Crippen LogP contribution >= 0.6 is 0 Å². The minimum Gasteiger partial charge on any atom is -0.455 e. The molecule has 0 saturated carbocycles. The van der Waals surface area contributed by atoms with E-state index in [0.29, 0.717) is 31.2 Å². The summed E-state index contributed by atoms with van der Waals surface area (Å²) >= 11 is 0. The first-order chi connectivity index (χ1) is 23.9. The number of hydrogen-bond acceptors (Lipinski definition) is 7. The van der Waals surface area contributed by atoms with Crippen molar-refractivity contribution in [1.29, 1.82) is 0 Å². The molecule has 1 aromatic rings. The summed E-state index contributed by atoms with van der Waals surface area (Å²) in [4.78, 5) is 62.4. The Kier molecular flexibility index (Phi) is 12.3. The van der Waals surface area contributed by atoms with Gasteiger partial charge >= 0.3 is 5.97 Å². The molecule has 3 heterocycles. The number of likely N-dealkylation sites (N-methyl/N-ethyl adjacent to an activating group) is 1. The Balaban J connectivity index is 1.76. The summed E-state index contributed by atoms with van der Waals surface area (Å²) in [5.74, 6) is -3.47. The third-order valence-corrected chi connectivity index (χ3v) is 11.2. The molecule has 51 heavy (non-hydrogen) atoms. The van der Waals surface area contributed by atoms with Gasteiger partial charge in [-0.25, -0.2) is 0 Å². The van der Waals surface area contributed by atoms with Crippen molar-refractivity contribution < 1.29 is 33.8 Å². The van der Waals surface area contributed by atoms with E-state index in [4.69, 9.17) is 9.47 Å². The average Bonchev–Trinajstić information content (AvgIpc) is 3.71. The molecule has 10 nitrogen and oxygen atoms in total. The zero-order valence-corrected chi connectivity index (χ0v) is 32.3. The van der Waals surface area contributed by atoms with Crippen LogP contribution in [0.4, 0.5) is 0 Å². The fourth-order valence-electron chi connectivity index (χ4n) is 9.04. The van der Waals surface area contributed by atoms with Crippen LogP contribution in [0.5, 0.6) is 0 Å². The first kappa shape index (κ1) is 40.3. The van der Waals surface area contributed by atoms with E-state index in [2.05, 4.69) is 33.9 Å². The topological polar surface area (TPSA) is 117 Å². The van der Waals surface area contributed by atoms with Gasteiger partial charge < -0.3 is 29.3 Å². The molecule has 0 radical (unpaired) electrons. The third kappa shape index (κ3) is 7.82. The van der Waals surface area contributed by atoms with Crippen LogP contribution in [0.1, 0.15) is 99.2 Å². The molecular weight excluding hydrogens is 646 g/mol. The Morgan fingerprint density at radius 1 is 1.10 bits per heavy atom. The van der Waals surface area contributed by atoms with Crippen molar-refractivity contribution in [2.75, 3.05) is 20.2 Å². The van der Waals surface area contributed by atoms with E-state index in [9.17, 15) is 19.5 Å². The fourth-order valence-corrected chi connectivity index (χ4v) is 9.04. The first-order valence-electron chi connectivity index (χ1n) is 18.5. The highest BCUT2D eigenvalue weighted by Crippen LogP contribution is 2.60. The van der Waals surface area contributed by atoms with Crippen molar-refractivity contribution in [2.24, 2.45) is 23.2 Å². The standard InChI is InChI=1S/C41H61N3O7/c1-12-14-20-31(46)42(11)27(5)34(28-18-16-15-17-19-28)50-38(49)32-30-21-22-41(51-30)33(32)36(47)44(29(24-45)26(3)4)35(41)37(48)43(23-13-2)40(9,10)25-39(6,7)8/h12-13,15-19,26-27,29-30,32-35,45H,1-2,14,20-25H2,3-11H3/t27-,29+,30-,32+,33+,34+,35-,41+/m1/s1. The fraction of sp³-hybridized carbons (Fsp3) is 0.659. The number of aliphatic hydroxyl groups excluding tert-OH is 1. The van der Waals surface area contributed by atoms with Gasteiger partial charge in [0.2, 0.25) is 17.7 Å². The minimum absolute atomic E-state index is 0.102. The SMILES string of the molecule is C=CCCC(=O)N(C)[C@H](C)[C@H](OC(=O)[C@@H]1[C@H]2C(=O)N([C@@H](CO)C(C)C)[C@H](C(=O)N(CC=C)C(C)(C)CC(C)(C)C)[C@]23CC[C@H]1O3)c1ccccc1. The summed E-state index contributed by atoms with van der Waals surface area (Å²) < 4.78 is 13.1. The van der Waals surface area contributed by atoms with Crippen LogP contribution in [0, 0.1) is 23.2 Å². The van der Waals surface area contributed by atoms with Gasteiger partial charge in [0.1, 0.15) is 17.7 Å². The Labute approximate surface area is 305 Å². The summed E-state index contributed by atoms with van der Waals surface area (Å²) in [5.41, 5.74) is -1.26. The van der Waals surface area contributed by atoms with Gasteiger partial charge in [-0.3, -0.25) is 19.2 Å². The van der Waals surface area contributed by atoms with Crippen molar-refractivity contribution in [1.82, 2.24) is 14.7 Å². The molecule has 1 N–H and O–H groups in total. The molecule has 1 spiro atoms. The number of aliphatic hydroxyl groups is 1. The van der Waals surface area contributed by atoms with Crippen LogP contribution in [0.2, 0.25) is 0 Å². The lowest BCUT2D eigenvalue weighted by Gasteiger charge is -2.46. The number of rotatable bonds is 16. The second-order valence-electron chi connectivity index (χ2n) is 16.9. The number of esters is 1. The highest BCUT2D eigenvalue weighted by Gasteiger charge is 2.76. The Morgan fingerprint density at radius 3 is 2.29 bits per heavy atom. The van der Waals surface area contributed by atoms with E-state index in [1.807, 2.05) is 65.0 Å². The van der Waals surface area contributed by atoms with Crippen LogP contribution in [0.15, 0.2) is 55.6 Å². The third-order valence-electron chi connectivity index (χ3n) is 11.2. The van der Waals surface area contributed by atoms with Crippen molar-refractivity contribution in [3.63, 3.8) is 0 Å². The summed E-state index contributed by atoms with van der Waals surface area (Å²) in [6, 6.07) is 7.04. The number of benzene rings is 1. The maximum Gasteiger partial charge on any atom is 0.313 e. The largest absolute Gasteiger partial charge is 0.455 e. The highest BCUT2D eigenvalue weighted by atomic mass is 16.6. The average molecular weight is 708 g/mol. The predicted molar refractivity (Wildman–Crippen MR) is 197 cm³/mol. The van der Waals surface area contributed by atoms with E-state index >= 15 is 4.79 Å². The number of allylic oxidation sites excluding steroid dienone is 1. The molecule has 0 aromatic heterocycles. The maximum absolute atomic E-state index is 15.1. The lowest BCUT2D eigenvalue weighted by atomic mass is 9.70. The molecular formula is C41H61N3O7. The molecule has 3 saturated heterocycles. The van der Waals surface area contributed by atoms with Crippen LogP contribution in [-0.2, 0) is 28.7 Å². The van der Waals surface area contributed by atoms with E-state index in [1.165, 1.54) is 4.90 Å². The summed E-state index contributed by atoms with van der Waals surface area (Å²) in [6.45, 7) is 23.7. The number of nitrogens with zero attached hydrogens (tertiary/aromatic N) is 3. The molecule has 282 valence electrons. The Bertz CT molecular complexity index is 1450. The molecule has 3 amide bonds. The second kappa shape index (κ2) is 15.6. The monoisotopic (exact) mass is 707 g/mol. The van der Waals surface area contributed by atoms with Gasteiger partial charge in [0, 0.05) is 25.6 Å². The number of hydrogen-bond donors (Lipinski definition) is 1. The number of carbonyl (C=O) groups excluding carboxylic acids is 4. The van der Waals surface area contributed by atoms with Gasteiger partial charge in [0.15, 0.2) is 0 Å². The molecule has 8 atom stereocenters. The normalized spacial score (nSPS) is 26.0. The van der Waals surface area contributed by atoms with E-state index in [-0.39, 0.29) is 48.6 Å².